The van der Waals surface area contributed by atoms with Crippen molar-refractivity contribution in [2.45, 2.75) is 0 Å². The number of hydrogen-bond acceptors (Lipinski definition) is 4. The minimum absolute atomic E-state index is 0.0554. The van der Waals surface area contributed by atoms with Crippen LogP contribution in [0.4, 0.5) is 11.4 Å². The fourth-order valence-corrected chi connectivity index (χ4v) is 3.39. The monoisotopic (exact) mass is 369 g/mol. The number of nitrogens with zero attached hydrogens (tertiary/aromatic N) is 3. The summed E-state index contributed by atoms with van der Waals surface area (Å²) in [6.07, 6.45) is 3.12. The van der Waals surface area contributed by atoms with Gasteiger partial charge < -0.3 is 5.32 Å². The van der Waals surface area contributed by atoms with Crippen molar-refractivity contribution >= 4 is 34.0 Å². The molecule has 4 aromatic rings. The van der Waals surface area contributed by atoms with Crippen LogP contribution < -0.4 is 10.2 Å². The van der Waals surface area contributed by atoms with Crippen molar-refractivity contribution in [3.8, 4) is 11.3 Å². The maximum absolute atomic E-state index is 13.0. The molecule has 3 heterocycles. The van der Waals surface area contributed by atoms with Gasteiger partial charge in [0.1, 0.15) is 12.2 Å². The smallest absolute Gasteiger partial charge is 0.276 e. The van der Waals surface area contributed by atoms with E-state index in [0.717, 1.165) is 16.3 Å². The molecule has 0 aliphatic carbocycles. The van der Waals surface area contributed by atoms with Crippen LogP contribution in [0.3, 0.4) is 0 Å². The number of amides is 2. The van der Waals surface area contributed by atoms with E-state index in [9.17, 15) is 9.59 Å². The lowest BCUT2D eigenvalue weighted by atomic mass is 10.0. The summed E-state index contributed by atoms with van der Waals surface area (Å²) in [4.78, 5) is 30.4. The molecule has 136 valence electrons. The molecule has 0 saturated carbocycles. The van der Waals surface area contributed by atoms with Crippen LogP contribution in [0.15, 0.2) is 67.0 Å². The van der Waals surface area contributed by atoms with Crippen molar-refractivity contribution in [1.29, 1.82) is 0 Å². The Labute approximate surface area is 160 Å². The van der Waals surface area contributed by atoms with E-state index in [-0.39, 0.29) is 18.4 Å². The van der Waals surface area contributed by atoms with E-state index in [2.05, 4.69) is 20.5 Å². The van der Waals surface area contributed by atoms with Crippen LogP contribution in [-0.4, -0.2) is 33.5 Å². The molecule has 28 heavy (non-hydrogen) atoms. The largest absolute Gasteiger partial charge is 0.321 e. The van der Waals surface area contributed by atoms with Crippen LogP contribution in [0.25, 0.3) is 22.0 Å². The number of anilines is 2. The predicted molar refractivity (Wildman–Crippen MR) is 106 cm³/mol. The highest BCUT2D eigenvalue weighted by molar-refractivity contribution is 6.14. The van der Waals surface area contributed by atoms with E-state index in [1.54, 1.807) is 18.3 Å². The molecule has 0 unspecified atom stereocenters. The van der Waals surface area contributed by atoms with Gasteiger partial charge in [0.15, 0.2) is 0 Å². The quantitative estimate of drug-likeness (QED) is 0.568. The third-order valence-electron chi connectivity index (χ3n) is 4.76. The molecule has 0 atom stereocenters. The zero-order valence-corrected chi connectivity index (χ0v) is 14.7. The molecule has 0 spiro atoms. The fraction of sp³-hybridized carbons (Fsp3) is 0.0476. The number of benzene rings is 2. The van der Waals surface area contributed by atoms with Gasteiger partial charge in [0.2, 0.25) is 5.91 Å². The summed E-state index contributed by atoms with van der Waals surface area (Å²) in [6, 6.07) is 17.5. The Morgan fingerprint density at radius 3 is 2.79 bits per heavy atom. The number of carbonyl (C=O) groups excluding carboxylic acids is 2. The Hall–Kier alpha value is -4.00. The van der Waals surface area contributed by atoms with Gasteiger partial charge in [-0.1, -0.05) is 36.4 Å². The third kappa shape index (κ3) is 2.69. The zero-order valence-electron chi connectivity index (χ0n) is 14.7. The van der Waals surface area contributed by atoms with Crippen molar-refractivity contribution < 1.29 is 9.59 Å². The number of aromatic nitrogens is 3. The number of aromatic amines is 1. The standard InChI is InChI=1S/C21H15N5O2/c27-20-12-26(19-7-8-22-11-18(19)23-20)21(28)17-10-16(24-25-17)15-6-5-13-3-1-2-4-14(13)9-15/h1-11H,12H2,(H,23,27)(H,24,25). The van der Waals surface area contributed by atoms with Gasteiger partial charge in [-0.3, -0.25) is 24.6 Å². The average molecular weight is 369 g/mol. The normalized spacial score (nSPS) is 13.3. The van der Waals surface area contributed by atoms with Gasteiger partial charge in [-0.05, 0) is 29.0 Å². The van der Waals surface area contributed by atoms with Gasteiger partial charge in [0.25, 0.3) is 5.91 Å². The summed E-state index contributed by atoms with van der Waals surface area (Å²) < 4.78 is 0. The molecule has 7 heteroatoms. The van der Waals surface area contributed by atoms with Gasteiger partial charge in [-0.15, -0.1) is 0 Å². The molecule has 2 amide bonds. The highest BCUT2D eigenvalue weighted by atomic mass is 16.2. The van der Waals surface area contributed by atoms with Crippen molar-refractivity contribution in [2.75, 3.05) is 16.8 Å². The predicted octanol–water partition coefficient (Wildman–Crippen LogP) is 3.22. The number of hydrogen-bond donors (Lipinski definition) is 2. The molecule has 2 N–H and O–H groups in total. The summed E-state index contributed by atoms with van der Waals surface area (Å²) in [6.45, 7) is -0.0554. The van der Waals surface area contributed by atoms with E-state index >= 15 is 0 Å². The molecule has 1 aliphatic heterocycles. The van der Waals surface area contributed by atoms with Gasteiger partial charge in [0.05, 0.1) is 23.3 Å². The second-order valence-corrected chi connectivity index (χ2v) is 6.56. The fourth-order valence-electron chi connectivity index (χ4n) is 3.39. The molecular formula is C21H15N5O2. The van der Waals surface area contributed by atoms with Crippen molar-refractivity contribution in [3.63, 3.8) is 0 Å². The van der Waals surface area contributed by atoms with E-state index in [1.807, 2.05) is 42.5 Å². The molecule has 0 bridgehead atoms. The van der Waals surface area contributed by atoms with Crippen LogP contribution in [-0.2, 0) is 4.79 Å². The van der Waals surface area contributed by atoms with Crippen molar-refractivity contribution in [2.24, 2.45) is 0 Å². The Bertz CT molecular complexity index is 1230. The number of carbonyl (C=O) groups is 2. The van der Waals surface area contributed by atoms with Crippen LogP contribution in [0.2, 0.25) is 0 Å². The molecule has 1 aliphatic rings. The summed E-state index contributed by atoms with van der Waals surface area (Å²) in [5.41, 5.74) is 3.03. The van der Waals surface area contributed by atoms with Crippen LogP contribution in [0.1, 0.15) is 10.5 Å². The maximum Gasteiger partial charge on any atom is 0.276 e. The third-order valence-corrected chi connectivity index (χ3v) is 4.76. The number of pyridine rings is 1. The lowest BCUT2D eigenvalue weighted by Gasteiger charge is -2.28. The summed E-state index contributed by atoms with van der Waals surface area (Å²) in [5, 5.41) is 12.1. The topological polar surface area (TPSA) is 91.0 Å². The number of nitrogens with one attached hydrogen (secondary N) is 2. The molecule has 5 rings (SSSR count). The maximum atomic E-state index is 13.0. The van der Waals surface area contributed by atoms with E-state index in [0.29, 0.717) is 22.8 Å². The van der Waals surface area contributed by atoms with Crippen LogP contribution in [0.5, 0.6) is 0 Å². The second-order valence-electron chi connectivity index (χ2n) is 6.56. The molecule has 0 fully saturated rings. The minimum atomic E-state index is -0.318. The SMILES string of the molecule is O=C1CN(C(=O)c2cc(-c3ccc4ccccc4c3)n[nH]2)c2ccncc2N1. The molecule has 2 aromatic carbocycles. The second kappa shape index (κ2) is 6.31. The first-order chi connectivity index (χ1) is 13.7. The Kier molecular flexibility index (Phi) is 3.65. The lowest BCUT2D eigenvalue weighted by Crippen LogP contribution is -2.42. The van der Waals surface area contributed by atoms with Crippen LogP contribution >= 0.6 is 0 Å². The molecule has 2 aromatic heterocycles. The van der Waals surface area contributed by atoms with Crippen LogP contribution in [0, 0.1) is 0 Å². The van der Waals surface area contributed by atoms with Gasteiger partial charge >= 0.3 is 0 Å². The number of rotatable bonds is 2. The van der Waals surface area contributed by atoms with E-state index in [1.165, 1.54) is 11.1 Å². The Morgan fingerprint density at radius 2 is 1.89 bits per heavy atom. The average Bonchev–Trinajstić information content (AvgIpc) is 3.22. The first-order valence-corrected chi connectivity index (χ1v) is 8.79. The molecule has 0 saturated heterocycles. The minimum Gasteiger partial charge on any atom is -0.321 e. The van der Waals surface area contributed by atoms with E-state index < -0.39 is 0 Å². The van der Waals surface area contributed by atoms with Crippen molar-refractivity contribution in [3.05, 3.63) is 72.7 Å². The summed E-state index contributed by atoms with van der Waals surface area (Å²) >= 11 is 0. The highest BCUT2D eigenvalue weighted by Crippen LogP contribution is 2.30. The molecule has 7 nitrogen and oxygen atoms in total. The molecular weight excluding hydrogens is 354 g/mol. The molecule has 0 radical (unpaired) electrons. The summed E-state index contributed by atoms with van der Waals surface area (Å²) in [5.74, 6) is -0.579. The Balaban J connectivity index is 1.49. The first kappa shape index (κ1) is 16.2. The van der Waals surface area contributed by atoms with Gasteiger partial charge in [-0.25, -0.2) is 0 Å². The summed E-state index contributed by atoms with van der Waals surface area (Å²) in [7, 11) is 0. The Morgan fingerprint density at radius 1 is 1.04 bits per heavy atom. The van der Waals surface area contributed by atoms with Gasteiger partial charge in [-0.2, -0.15) is 5.10 Å². The first-order valence-electron chi connectivity index (χ1n) is 8.79. The number of H-pyrrole nitrogens is 1. The highest BCUT2D eigenvalue weighted by Gasteiger charge is 2.28. The van der Waals surface area contributed by atoms with E-state index in [4.69, 9.17) is 0 Å². The zero-order chi connectivity index (χ0) is 19.1. The van der Waals surface area contributed by atoms with Crippen molar-refractivity contribution in [1.82, 2.24) is 15.2 Å². The number of fused-ring (bicyclic) bond motifs is 2. The lowest BCUT2D eigenvalue weighted by molar-refractivity contribution is -0.115. The van der Waals surface area contributed by atoms with Gasteiger partial charge in [0, 0.05) is 11.8 Å².